The zero-order valence-electron chi connectivity index (χ0n) is 10.5. The lowest BCUT2D eigenvalue weighted by atomic mass is 9.57. The van der Waals surface area contributed by atoms with Gasteiger partial charge in [-0.2, -0.15) is 0 Å². The molecule has 1 aliphatic rings. The van der Waals surface area contributed by atoms with Crippen molar-refractivity contribution in [2.45, 2.75) is 47.6 Å². The van der Waals surface area contributed by atoms with E-state index in [4.69, 9.17) is 0 Å². The molecule has 1 fully saturated rings. The number of likely N-dealkylation sites (tertiary alicyclic amines) is 1. The van der Waals surface area contributed by atoms with E-state index in [1.807, 2.05) is 11.9 Å². The van der Waals surface area contributed by atoms with Crippen molar-refractivity contribution >= 4 is 5.91 Å². The van der Waals surface area contributed by atoms with Crippen LogP contribution in [0.5, 0.6) is 0 Å². The van der Waals surface area contributed by atoms with Gasteiger partial charge in [0.1, 0.15) is 0 Å². The molecular weight excluding hydrogens is 174 g/mol. The van der Waals surface area contributed by atoms with E-state index >= 15 is 0 Å². The van der Waals surface area contributed by atoms with Crippen LogP contribution in [0.4, 0.5) is 0 Å². The van der Waals surface area contributed by atoms with Crippen molar-refractivity contribution in [3.8, 4) is 0 Å². The van der Waals surface area contributed by atoms with Gasteiger partial charge in [-0.1, -0.05) is 34.6 Å². The normalized spacial score (nSPS) is 29.1. The van der Waals surface area contributed by atoms with E-state index in [0.717, 1.165) is 0 Å². The molecule has 14 heavy (non-hydrogen) atoms. The van der Waals surface area contributed by atoms with Crippen LogP contribution in [-0.4, -0.2) is 23.9 Å². The summed E-state index contributed by atoms with van der Waals surface area (Å²) in [5.74, 6) is 0.491. The van der Waals surface area contributed by atoms with Crippen LogP contribution < -0.4 is 0 Å². The first-order valence-electron chi connectivity index (χ1n) is 5.37. The van der Waals surface area contributed by atoms with Crippen molar-refractivity contribution in [1.82, 2.24) is 4.90 Å². The third kappa shape index (κ3) is 1.35. The number of β-lactam (4-membered cyclic amide) rings is 1. The van der Waals surface area contributed by atoms with Gasteiger partial charge < -0.3 is 4.90 Å². The summed E-state index contributed by atoms with van der Waals surface area (Å²) in [6, 6.07) is 0.386. The standard InChI is InChI=1S/C12H23NO/c1-8-9(10(14)13(8)7)12(5,6)11(2,3)4/h8-9H,1-7H3/t8-,9?/m0/s1. The van der Waals surface area contributed by atoms with Gasteiger partial charge in [-0.3, -0.25) is 4.79 Å². The Morgan fingerprint density at radius 3 is 1.86 bits per heavy atom. The highest BCUT2D eigenvalue weighted by Gasteiger charge is 2.54. The van der Waals surface area contributed by atoms with Crippen LogP contribution >= 0.6 is 0 Å². The van der Waals surface area contributed by atoms with Crippen molar-refractivity contribution < 1.29 is 4.79 Å². The molecule has 2 atom stereocenters. The van der Waals surface area contributed by atoms with E-state index in [9.17, 15) is 4.79 Å². The van der Waals surface area contributed by atoms with E-state index in [1.165, 1.54) is 0 Å². The molecule has 2 heteroatoms. The smallest absolute Gasteiger partial charge is 0.228 e. The molecule has 1 unspecified atom stereocenters. The van der Waals surface area contributed by atoms with Gasteiger partial charge in [0.15, 0.2) is 0 Å². The third-order valence-electron chi connectivity index (χ3n) is 4.42. The average Bonchev–Trinajstić information content (AvgIpc) is 2.01. The first-order chi connectivity index (χ1) is 6.10. The summed E-state index contributed by atoms with van der Waals surface area (Å²) in [6.07, 6.45) is 0. The van der Waals surface area contributed by atoms with Crippen LogP contribution in [0.1, 0.15) is 41.5 Å². The maximum absolute atomic E-state index is 11.8. The van der Waals surface area contributed by atoms with Crippen LogP contribution in [0.2, 0.25) is 0 Å². The SMILES string of the molecule is C[C@H]1C(C(C)(C)C(C)(C)C)C(=O)N1C. The molecule has 1 saturated heterocycles. The molecule has 1 heterocycles. The minimum atomic E-state index is 0.0655. The van der Waals surface area contributed by atoms with Gasteiger partial charge in [0.2, 0.25) is 5.91 Å². The van der Waals surface area contributed by atoms with Crippen molar-refractivity contribution in [1.29, 1.82) is 0 Å². The summed E-state index contributed by atoms with van der Waals surface area (Å²) in [7, 11) is 1.89. The predicted octanol–water partition coefficient (Wildman–Crippen LogP) is 2.54. The number of amides is 1. The topological polar surface area (TPSA) is 20.3 Å². The molecule has 0 aliphatic carbocycles. The highest BCUT2D eigenvalue weighted by molar-refractivity contribution is 5.86. The second-order valence-corrected chi connectivity index (χ2v) is 6.14. The fraction of sp³-hybridized carbons (Fsp3) is 0.917. The lowest BCUT2D eigenvalue weighted by molar-refractivity contribution is -0.167. The number of carbonyl (C=O) groups excluding carboxylic acids is 1. The lowest BCUT2D eigenvalue weighted by Crippen LogP contribution is -2.64. The number of carbonyl (C=O) groups is 1. The molecule has 1 rings (SSSR count). The largest absolute Gasteiger partial charge is 0.342 e. The molecule has 0 bridgehead atoms. The monoisotopic (exact) mass is 197 g/mol. The first-order valence-corrected chi connectivity index (χ1v) is 5.37. The molecule has 0 aromatic carbocycles. The van der Waals surface area contributed by atoms with E-state index in [2.05, 4.69) is 41.5 Å². The maximum Gasteiger partial charge on any atom is 0.228 e. The molecule has 0 spiro atoms. The van der Waals surface area contributed by atoms with Crippen molar-refractivity contribution in [2.24, 2.45) is 16.7 Å². The summed E-state index contributed by atoms with van der Waals surface area (Å²) in [5.41, 5.74) is 0.235. The molecule has 0 N–H and O–H groups in total. The van der Waals surface area contributed by atoms with Crippen LogP contribution in [-0.2, 0) is 4.79 Å². The van der Waals surface area contributed by atoms with E-state index in [0.29, 0.717) is 11.9 Å². The predicted molar refractivity (Wildman–Crippen MR) is 59.0 cm³/mol. The van der Waals surface area contributed by atoms with Crippen LogP contribution in [0.25, 0.3) is 0 Å². The molecule has 0 aromatic rings. The summed E-state index contributed by atoms with van der Waals surface area (Å²) >= 11 is 0. The van der Waals surface area contributed by atoms with Crippen LogP contribution in [0, 0.1) is 16.7 Å². The first kappa shape index (κ1) is 11.5. The number of rotatable bonds is 1. The van der Waals surface area contributed by atoms with Crippen molar-refractivity contribution in [3.05, 3.63) is 0 Å². The second-order valence-electron chi connectivity index (χ2n) is 6.14. The fourth-order valence-corrected chi connectivity index (χ4v) is 2.15. The molecule has 2 nitrogen and oxygen atoms in total. The highest BCUT2D eigenvalue weighted by Crippen LogP contribution is 2.50. The zero-order chi connectivity index (χ0) is 11.3. The molecule has 82 valence electrons. The van der Waals surface area contributed by atoms with Gasteiger partial charge >= 0.3 is 0 Å². The Morgan fingerprint density at radius 2 is 1.57 bits per heavy atom. The number of hydrogen-bond donors (Lipinski definition) is 0. The van der Waals surface area contributed by atoms with Gasteiger partial charge in [-0.25, -0.2) is 0 Å². The molecule has 1 aliphatic heterocycles. The molecule has 0 aromatic heterocycles. The summed E-state index contributed by atoms with van der Waals surface area (Å²) in [4.78, 5) is 13.6. The van der Waals surface area contributed by atoms with E-state index in [-0.39, 0.29) is 16.7 Å². The lowest BCUT2D eigenvalue weighted by Gasteiger charge is -2.55. The molecular formula is C12H23NO. The third-order valence-corrected chi connectivity index (χ3v) is 4.42. The minimum absolute atomic E-state index is 0.0655. The van der Waals surface area contributed by atoms with Gasteiger partial charge in [0.25, 0.3) is 0 Å². The zero-order valence-corrected chi connectivity index (χ0v) is 10.5. The average molecular weight is 197 g/mol. The molecule has 0 radical (unpaired) electrons. The van der Waals surface area contributed by atoms with Gasteiger partial charge in [-0.05, 0) is 17.8 Å². The Kier molecular flexibility index (Phi) is 2.46. The Morgan fingerprint density at radius 1 is 1.14 bits per heavy atom. The summed E-state index contributed by atoms with van der Waals surface area (Å²) in [6.45, 7) is 13.2. The second kappa shape index (κ2) is 2.98. The minimum Gasteiger partial charge on any atom is -0.342 e. The number of nitrogens with zero attached hydrogens (tertiary/aromatic N) is 1. The van der Waals surface area contributed by atoms with Gasteiger partial charge in [0.05, 0.1) is 5.92 Å². The Hall–Kier alpha value is -0.530. The molecule has 1 amide bonds. The van der Waals surface area contributed by atoms with Crippen molar-refractivity contribution in [2.75, 3.05) is 7.05 Å². The Bertz CT molecular complexity index is 250. The Balaban J connectivity index is 2.91. The van der Waals surface area contributed by atoms with Gasteiger partial charge in [-0.15, -0.1) is 0 Å². The fourth-order valence-electron chi connectivity index (χ4n) is 2.15. The van der Waals surface area contributed by atoms with Crippen LogP contribution in [0.3, 0.4) is 0 Å². The summed E-state index contributed by atoms with van der Waals surface area (Å²) < 4.78 is 0. The molecule has 0 saturated carbocycles. The summed E-state index contributed by atoms with van der Waals surface area (Å²) in [5, 5.41) is 0. The van der Waals surface area contributed by atoms with E-state index < -0.39 is 0 Å². The van der Waals surface area contributed by atoms with Crippen LogP contribution in [0.15, 0.2) is 0 Å². The quantitative estimate of drug-likeness (QED) is 0.592. The number of hydrogen-bond acceptors (Lipinski definition) is 1. The Labute approximate surface area is 87.7 Å². The van der Waals surface area contributed by atoms with E-state index in [1.54, 1.807) is 0 Å². The highest BCUT2D eigenvalue weighted by atomic mass is 16.2. The maximum atomic E-state index is 11.8. The van der Waals surface area contributed by atoms with Crippen molar-refractivity contribution in [3.63, 3.8) is 0 Å². The van der Waals surface area contributed by atoms with Gasteiger partial charge in [0, 0.05) is 13.1 Å².